The van der Waals surface area contributed by atoms with Crippen LogP contribution in [0.4, 0.5) is 0 Å². The van der Waals surface area contributed by atoms with E-state index in [1.165, 1.54) is 35.6 Å². The summed E-state index contributed by atoms with van der Waals surface area (Å²) in [4.78, 5) is 13.7. The van der Waals surface area contributed by atoms with Crippen molar-refractivity contribution >= 4 is 27.0 Å². The van der Waals surface area contributed by atoms with Crippen molar-refractivity contribution in [2.75, 3.05) is 19.0 Å². The van der Waals surface area contributed by atoms with E-state index in [2.05, 4.69) is 19.1 Å². The summed E-state index contributed by atoms with van der Waals surface area (Å²) < 4.78 is 31.7. The second-order valence-corrected chi connectivity index (χ2v) is 13.3. The van der Waals surface area contributed by atoms with Crippen molar-refractivity contribution in [3.8, 4) is 0 Å². The number of carbonyl (C=O) groups excluding carboxylic acids is 1. The number of aliphatic hydroxyl groups is 1. The minimum atomic E-state index is -3.75. The van der Waals surface area contributed by atoms with E-state index in [0.29, 0.717) is 42.8 Å². The van der Waals surface area contributed by atoms with Crippen LogP contribution in [0.5, 0.6) is 0 Å². The molecule has 2 aliphatic carbocycles. The molecule has 178 valence electrons. The SMILES string of the molecule is C[C@@H](c1ccc2c(c1CC(=O)CS(=O)(=O)c1ccc(C3(O)CCOCC3)s1)CCC2)C1CC1. The molecule has 3 aliphatic rings. The molecule has 1 aliphatic heterocycles. The van der Waals surface area contributed by atoms with E-state index in [-0.39, 0.29) is 16.4 Å². The first-order chi connectivity index (χ1) is 15.8. The topological polar surface area (TPSA) is 80.7 Å². The Kier molecular flexibility index (Phi) is 6.27. The highest BCUT2D eigenvalue weighted by molar-refractivity contribution is 7.94. The van der Waals surface area contributed by atoms with Crippen LogP contribution in [-0.4, -0.2) is 38.3 Å². The Labute approximate surface area is 200 Å². The number of sulfone groups is 1. The molecule has 0 bridgehead atoms. The van der Waals surface area contributed by atoms with Crippen molar-refractivity contribution in [3.63, 3.8) is 0 Å². The third kappa shape index (κ3) is 4.70. The molecule has 0 unspecified atom stereocenters. The number of aryl methyl sites for hydroxylation is 1. The summed E-state index contributed by atoms with van der Waals surface area (Å²) in [5.41, 5.74) is 3.89. The van der Waals surface area contributed by atoms with Gasteiger partial charge in [0.15, 0.2) is 15.6 Å². The summed E-state index contributed by atoms with van der Waals surface area (Å²) in [6, 6.07) is 7.63. The molecule has 1 saturated heterocycles. The minimum Gasteiger partial charge on any atom is -0.384 e. The van der Waals surface area contributed by atoms with E-state index in [1.54, 1.807) is 6.07 Å². The molecule has 0 amide bonds. The Morgan fingerprint density at radius 2 is 1.94 bits per heavy atom. The summed E-state index contributed by atoms with van der Waals surface area (Å²) in [5, 5.41) is 10.9. The number of hydrogen-bond acceptors (Lipinski definition) is 6. The first-order valence-electron chi connectivity index (χ1n) is 12.1. The van der Waals surface area contributed by atoms with Gasteiger partial charge in [-0.15, -0.1) is 11.3 Å². The molecule has 1 atom stereocenters. The first-order valence-corrected chi connectivity index (χ1v) is 14.5. The van der Waals surface area contributed by atoms with Crippen LogP contribution >= 0.6 is 11.3 Å². The Morgan fingerprint density at radius 1 is 1.18 bits per heavy atom. The summed E-state index contributed by atoms with van der Waals surface area (Å²) in [6.07, 6.45) is 6.68. The van der Waals surface area contributed by atoms with Crippen molar-refractivity contribution in [2.24, 2.45) is 5.92 Å². The van der Waals surface area contributed by atoms with Crippen molar-refractivity contribution in [3.05, 3.63) is 51.4 Å². The molecule has 1 N–H and O–H groups in total. The predicted molar refractivity (Wildman–Crippen MR) is 129 cm³/mol. The quantitative estimate of drug-likeness (QED) is 0.598. The van der Waals surface area contributed by atoms with Gasteiger partial charge in [-0.1, -0.05) is 19.1 Å². The van der Waals surface area contributed by atoms with Crippen LogP contribution < -0.4 is 0 Å². The lowest BCUT2D eigenvalue weighted by atomic mass is 9.86. The molecule has 5 rings (SSSR count). The van der Waals surface area contributed by atoms with E-state index in [4.69, 9.17) is 4.74 Å². The first kappa shape index (κ1) is 23.2. The maximum atomic E-state index is 13.1. The molecular weight excluding hydrogens is 456 g/mol. The van der Waals surface area contributed by atoms with Gasteiger partial charge in [-0.2, -0.15) is 0 Å². The highest BCUT2D eigenvalue weighted by Gasteiger charge is 2.35. The Balaban J connectivity index is 1.35. The minimum absolute atomic E-state index is 0.163. The molecule has 0 spiro atoms. The fourth-order valence-corrected chi connectivity index (χ4v) is 8.25. The number of Topliss-reactive ketones (excluding diaryl/α,β-unsaturated/α-hetero) is 1. The number of benzene rings is 1. The van der Waals surface area contributed by atoms with Gasteiger partial charge in [0.05, 0.1) is 0 Å². The van der Waals surface area contributed by atoms with Gasteiger partial charge < -0.3 is 9.84 Å². The third-order valence-electron chi connectivity index (χ3n) is 7.65. The molecule has 2 fully saturated rings. The van der Waals surface area contributed by atoms with E-state index in [1.807, 2.05) is 0 Å². The second kappa shape index (κ2) is 8.91. The Morgan fingerprint density at radius 3 is 2.67 bits per heavy atom. The molecule has 5 nitrogen and oxygen atoms in total. The summed E-state index contributed by atoms with van der Waals surface area (Å²) in [7, 11) is -3.75. The molecule has 1 aromatic heterocycles. The largest absolute Gasteiger partial charge is 0.384 e. The molecular formula is C26H32O5S2. The highest BCUT2D eigenvalue weighted by atomic mass is 32.2. The van der Waals surface area contributed by atoms with Crippen LogP contribution in [0.1, 0.15) is 72.1 Å². The van der Waals surface area contributed by atoms with E-state index < -0.39 is 21.2 Å². The van der Waals surface area contributed by atoms with Crippen molar-refractivity contribution in [1.29, 1.82) is 0 Å². The Hall–Kier alpha value is -1.54. The lowest BCUT2D eigenvalue weighted by Gasteiger charge is -2.30. The molecule has 2 aromatic rings. The van der Waals surface area contributed by atoms with Crippen LogP contribution in [0.15, 0.2) is 28.5 Å². The van der Waals surface area contributed by atoms with Crippen LogP contribution in [0.3, 0.4) is 0 Å². The zero-order valence-corrected chi connectivity index (χ0v) is 20.8. The van der Waals surface area contributed by atoms with Gasteiger partial charge in [0.1, 0.15) is 15.6 Å². The maximum Gasteiger partial charge on any atom is 0.194 e. The van der Waals surface area contributed by atoms with Gasteiger partial charge in [-0.05, 0) is 78.3 Å². The molecule has 33 heavy (non-hydrogen) atoms. The second-order valence-electron chi connectivity index (χ2n) is 9.99. The third-order valence-corrected chi connectivity index (χ3v) is 11.2. The van der Waals surface area contributed by atoms with Crippen molar-refractivity contribution in [1.82, 2.24) is 0 Å². The highest BCUT2D eigenvalue weighted by Crippen LogP contribution is 2.45. The Bertz CT molecular complexity index is 1150. The number of ether oxygens (including phenoxy) is 1. The van der Waals surface area contributed by atoms with Crippen LogP contribution in [0, 0.1) is 5.92 Å². The van der Waals surface area contributed by atoms with E-state index >= 15 is 0 Å². The number of fused-ring (bicyclic) bond motifs is 1. The van der Waals surface area contributed by atoms with Gasteiger partial charge in [-0.3, -0.25) is 4.79 Å². The summed E-state index contributed by atoms with van der Waals surface area (Å²) in [5.74, 6) is 0.354. The van der Waals surface area contributed by atoms with Gasteiger partial charge in [0, 0.05) is 37.4 Å². The van der Waals surface area contributed by atoms with E-state index in [0.717, 1.165) is 36.2 Å². The van der Waals surface area contributed by atoms with Gasteiger partial charge in [0.25, 0.3) is 0 Å². The average molecular weight is 489 g/mol. The molecule has 2 heterocycles. The van der Waals surface area contributed by atoms with Gasteiger partial charge in [0.2, 0.25) is 0 Å². The van der Waals surface area contributed by atoms with Gasteiger partial charge in [-0.25, -0.2) is 8.42 Å². The average Bonchev–Trinajstić information content (AvgIpc) is 3.28. The molecule has 0 radical (unpaired) electrons. The number of carbonyl (C=O) groups is 1. The summed E-state index contributed by atoms with van der Waals surface area (Å²) >= 11 is 1.09. The lowest BCUT2D eigenvalue weighted by molar-refractivity contribution is -0.116. The van der Waals surface area contributed by atoms with E-state index in [9.17, 15) is 18.3 Å². The predicted octanol–water partition coefficient (Wildman–Crippen LogP) is 4.33. The molecule has 7 heteroatoms. The van der Waals surface area contributed by atoms with Crippen molar-refractivity contribution in [2.45, 2.75) is 74.0 Å². The fourth-order valence-electron chi connectivity index (χ4n) is 5.47. The normalized spacial score (nSPS) is 21.0. The number of rotatable bonds is 8. The zero-order valence-electron chi connectivity index (χ0n) is 19.1. The van der Waals surface area contributed by atoms with Crippen LogP contribution in [0.25, 0.3) is 0 Å². The maximum absolute atomic E-state index is 13.1. The monoisotopic (exact) mass is 488 g/mol. The zero-order chi connectivity index (χ0) is 23.2. The smallest absolute Gasteiger partial charge is 0.194 e. The number of hydrogen-bond donors (Lipinski definition) is 1. The molecule has 1 aromatic carbocycles. The standard InChI is InChI=1S/C26H32O5S2/c1-17(18-5-6-18)21-8-7-19-3-2-4-22(19)23(21)15-20(27)16-33(29,30)25-10-9-24(32-25)26(28)11-13-31-14-12-26/h7-10,17-18,28H,2-6,11-16H2,1H3/t17-/m1/s1. The number of thiophene rings is 1. The van der Waals surface area contributed by atoms with Crippen LogP contribution in [0.2, 0.25) is 0 Å². The fraction of sp³-hybridized carbons (Fsp3) is 0.577. The van der Waals surface area contributed by atoms with Gasteiger partial charge >= 0.3 is 0 Å². The van der Waals surface area contributed by atoms with Crippen molar-refractivity contribution < 1.29 is 23.1 Å². The van der Waals surface area contributed by atoms with Crippen LogP contribution in [-0.2, 0) is 44.2 Å². The number of ketones is 1. The molecule has 1 saturated carbocycles. The summed E-state index contributed by atoms with van der Waals surface area (Å²) in [6.45, 7) is 3.16. The lowest BCUT2D eigenvalue weighted by Crippen LogP contribution is -2.32.